The maximum absolute atomic E-state index is 11.7. The number of nitrogens with one attached hydrogen (secondary N) is 1. The molecular formula is C12H16N2O5. The first-order valence-corrected chi connectivity index (χ1v) is 6.03. The lowest BCUT2D eigenvalue weighted by molar-refractivity contribution is -0.123. The van der Waals surface area contributed by atoms with E-state index in [4.69, 9.17) is 4.74 Å². The first-order chi connectivity index (χ1) is 8.93. The molecule has 0 saturated carbocycles. The number of carbonyl (C=O) groups excluding carboxylic acids is 1. The van der Waals surface area contributed by atoms with Gasteiger partial charge in [0.1, 0.15) is 12.0 Å². The minimum Gasteiger partial charge on any atom is -0.394 e. The number of H-pyrrole nitrogens is 1. The zero-order valence-corrected chi connectivity index (χ0v) is 10.8. The molecule has 2 rings (SSSR count). The number of ether oxygens (including phenoxy) is 1. The van der Waals surface area contributed by atoms with Crippen LogP contribution in [-0.4, -0.2) is 33.2 Å². The van der Waals surface area contributed by atoms with Crippen molar-refractivity contribution in [2.75, 3.05) is 6.61 Å². The highest BCUT2D eigenvalue weighted by Crippen LogP contribution is 2.32. The van der Waals surface area contributed by atoms with Gasteiger partial charge in [0.25, 0.3) is 5.56 Å². The maximum atomic E-state index is 11.7. The maximum Gasteiger partial charge on any atom is 0.330 e. The van der Waals surface area contributed by atoms with Crippen molar-refractivity contribution >= 4 is 5.78 Å². The number of ketones is 1. The summed E-state index contributed by atoms with van der Waals surface area (Å²) in [6.07, 6.45) is 0.463. The largest absolute Gasteiger partial charge is 0.394 e. The van der Waals surface area contributed by atoms with Gasteiger partial charge in [0, 0.05) is 18.2 Å². The summed E-state index contributed by atoms with van der Waals surface area (Å²) < 4.78 is 6.77. The average molecular weight is 268 g/mol. The van der Waals surface area contributed by atoms with Crippen molar-refractivity contribution < 1.29 is 14.6 Å². The summed E-state index contributed by atoms with van der Waals surface area (Å²) >= 11 is 0. The molecule has 0 amide bonds. The highest BCUT2D eigenvalue weighted by molar-refractivity contribution is 5.79. The van der Waals surface area contributed by atoms with E-state index >= 15 is 0 Å². The quantitative estimate of drug-likeness (QED) is 0.757. The second-order valence-electron chi connectivity index (χ2n) is 4.74. The fourth-order valence-corrected chi connectivity index (χ4v) is 2.30. The molecule has 1 fully saturated rings. The van der Waals surface area contributed by atoms with E-state index in [0.717, 1.165) is 0 Å². The molecule has 7 nitrogen and oxygen atoms in total. The standard InChI is InChI=1S/C12H16N2O5/c1-6-4-14(12(18)13-11(6)17)10-3-8(7(2)16)9(5-15)19-10/h4,8-10,15H,3,5H2,1-2H3,(H,13,17,18)/t8-,9-,10-/m1/s1. The molecule has 19 heavy (non-hydrogen) atoms. The lowest BCUT2D eigenvalue weighted by Gasteiger charge is -2.15. The number of hydrogen-bond acceptors (Lipinski definition) is 5. The number of aliphatic hydroxyl groups is 1. The van der Waals surface area contributed by atoms with Crippen molar-refractivity contribution in [2.24, 2.45) is 5.92 Å². The number of aromatic nitrogens is 2. The predicted octanol–water partition coefficient (Wildman–Crippen LogP) is -0.670. The molecule has 0 aliphatic carbocycles. The van der Waals surface area contributed by atoms with Crippen LogP contribution >= 0.6 is 0 Å². The second-order valence-corrected chi connectivity index (χ2v) is 4.74. The minimum atomic E-state index is -0.644. The Morgan fingerprint density at radius 2 is 2.26 bits per heavy atom. The Balaban J connectivity index is 2.35. The van der Waals surface area contributed by atoms with Gasteiger partial charge in [0.05, 0.1) is 18.6 Å². The highest BCUT2D eigenvalue weighted by Gasteiger charge is 2.38. The van der Waals surface area contributed by atoms with Crippen LogP contribution in [0.25, 0.3) is 0 Å². The molecule has 1 aliphatic heterocycles. The monoisotopic (exact) mass is 268 g/mol. The molecule has 0 bridgehead atoms. The molecule has 104 valence electrons. The Kier molecular flexibility index (Phi) is 3.68. The molecule has 0 radical (unpaired) electrons. The van der Waals surface area contributed by atoms with Crippen LogP contribution in [0.4, 0.5) is 0 Å². The summed E-state index contributed by atoms with van der Waals surface area (Å²) in [5, 5.41) is 9.20. The molecule has 0 unspecified atom stereocenters. The van der Waals surface area contributed by atoms with E-state index in [0.29, 0.717) is 12.0 Å². The van der Waals surface area contributed by atoms with E-state index in [1.54, 1.807) is 6.92 Å². The Morgan fingerprint density at radius 3 is 2.79 bits per heavy atom. The lowest BCUT2D eigenvalue weighted by atomic mass is 9.97. The molecule has 1 aromatic rings. The first-order valence-electron chi connectivity index (χ1n) is 6.03. The molecule has 1 aromatic heterocycles. The van der Waals surface area contributed by atoms with Crippen LogP contribution in [-0.2, 0) is 9.53 Å². The summed E-state index contributed by atoms with van der Waals surface area (Å²) in [4.78, 5) is 36.7. The van der Waals surface area contributed by atoms with Crippen molar-refractivity contribution in [1.82, 2.24) is 9.55 Å². The third-order valence-corrected chi connectivity index (χ3v) is 3.39. The fourth-order valence-electron chi connectivity index (χ4n) is 2.30. The average Bonchev–Trinajstić information content (AvgIpc) is 2.77. The molecule has 0 aromatic carbocycles. The number of aliphatic hydroxyl groups excluding tert-OH is 1. The zero-order chi connectivity index (χ0) is 14.2. The molecule has 7 heteroatoms. The SMILES string of the molecule is CC(=O)[C@H]1C[C@H](n2cc(C)c(=O)[nH]c2=O)O[C@@H]1CO. The van der Waals surface area contributed by atoms with E-state index in [1.165, 1.54) is 17.7 Å². The summed E-state index contributed by atoms with van der Waals surface area (Å²) in [5.41, 5.74) is -0.641. The van der Waals surface area contributed by atoms with Crippen LogP contribution < -0.4 is 11.2 Å². The predicted molar refractivity (Wildman–Crippen MR) is 65.8 cm³/mol. The van der Waals surface area contributed by atoms with Gasteiger partial charge in [-0.15, -0.1) is 0 Å². The number of aromatic amines is 1. The van der Waals surface area contributed by atoms with Gasteiger partial charge in [-0.3, -0.25) is 19.1 Å². The number of rotatable bonds is 3. The Hall–Kier alpha value is -1.73. The van der Waals surface area contributed by atoms with Crippen molar-refractivity contribution in [3.8, 4) is 0 Å². The number of hydrogen-bond donors (Lipinski definition) is 2. The molecule has 2 heterocycles. The number of nitrogens with zero attached hydrogens (tertiary/aromatic N) is 1. The third-order valence-electron chi connectivity index (χ3n) is 3.39. The van der Waals surface area contributed by atoms with Gasteiger partial charge in [-0.25, -0.2) is 4.79 Å². The van der Waals surface area contributed by atoms with Crippen LogP contribution in [0.2, 0.25) is 0 Å². The molecule has 1 aliphatic rings. The van der Waals surface area contributed by atoms with Crippen LogP contribution in [0.15, 0.2) is 15.8 Å². The third kappa shape index (κ3) is 2.52. The van der Waals surface area contributed by atoms with Gasteiger partial charge in [-0.2, -0.15) is 0 Å². The van der Waals surface area contributed by atoms with Gasteiger partial charge in [0.2, 0.25) is 0 Å². The summed E-state index contributed by atoms with van der Waals surface area (Å²) in [6, 6.07) is 0. The Labute approximate surface area is 108 Å². The Morgan fingerprint density at radius 1 is 1.58 bits per heavy atom. The minimum absolute atomic E-state index is 0.0873. The van der Waals surface area contributed by atoms with E-state index in [-0.39, 0.29) is 12.4 Å². The van der Waals surface area contributed by atoms with Crippen molar-refractivity contribution in [3.63, 3.8) is 0 Å². The van der Waals surface area contributed by atoms with Gasteiger partial charge in [-0.05, 0) is 13.8 Å². The topological polar surface area (TPSA) is 101 Å². The van der Waals surface area contributed by atoms with Crippen LogP contribution in [0, 0.1) is 12.8 Å². The molecule has 0 spiro atoms. The number of Topliss-reactive ketones (excluding diaryl/α,β-unsaturated/α-hetero) is 1. The Bertz CT molecular complexity index is 603. The van der Waals surface area contributed by atoms with Crippen molar-refractivity contribution in [1.29, 1.82) is 0 Å². The smallest absolute Gasteiger partial charge is 0.330 e. The van der Waals surface area contributed by atoms with E-state index in [9.17, 15) is 19.5 Å². The molecule has 2 N–H and O–H groups in total. The second kappa shape index (κ2) is 5.10. The fraction of sp³-hybridized carbons (Fsp3) is 0.583. The van der Waals surface area contributed by atoms with Crippen molar-refractivity contribution in [3.05, 3.63) is 32.6 Å². The highest BCUT2D eigenvalue weighted by atomic mass is 16.5. The van der Waals surface area contributed by atoms with Crippen LogP contribution in [0.3, 0.4) is 0 Å². The first kappa shape index (κ1) is 13.7. The van der Waals surface area contributed by atoms with Gasteiger partial charge >= 0.3 is 5.69 Å². The number of aryl methyl sites for hydroxylation is 1. The molecule has 3 atom stereocenters. The lowest BCUT2D eigenvalue weighted by Crippen LogP contribution is -2.33. The van der Waals surface area contributed by atoms with Gasteiger partial charge in [0.15, 0.2) is 0 Å². The summed E-state index contributed by atoms with van der Waals surface area (Å²) in [5.74, 6) is -0.523. The molecular weight excluding hydrogens is 252 g/mol. The van der Waals surface area contributed by atoms with Crippen LogP contribution in [0.5, 0.6) is 0 Å². The number of carbonyl (C=O) groups is 1. The van der Waals surface area contributed by atoms with E-state index < -0.39 is 29.5 Å². The summed E-state index contributed by atoms with van der Waals surface area (Å²) in [6.45, 7) is 2.73. The van der Waals surface area contributed by atoms with Gasteiger partial charge < -0.3 is 9.84 Å². The normalized spacial score (nSPS) is 26.6. The van der Waals surface area contributed by atoms with Crippen molar-refractivity contribution in [2.45, 2.75) is 32.6 Å². The van der Waals surface area contributed by atoms with Gasteiger partial charge in [-0.1, -0.05) is 0 Å². The van der Waals surface area contributed by atoms with E-state index in [2.05, 4.69) is 4.98 Å². The zero-order valence-electron chi connectivity index (χ0n) is 10.8. The van der Waals surface area contributed by atoms with E-state index in [1.807, 2.05) is 0 Å². The van der Waals surface area contributed by atoms with Crippen LogP contribution in [0.1, 0.15) is 25.1 Å². The molecule has 1 saturated heterocycles. The summed E-state index contributed by atoms with van der Waals surface area (Å²) in [7, 11) is 0.